The van der Waals surface area contributed by atoms with Crippen LogP contribution in [0.15, 0.2) is 158 Å². The Hall–Kier alpha value is -5.82. The molecule has 0 radical (unpaired) electrons. The van der Waals surface area contributed by atoms with Crippen molar-refractivity contribution in [2.45, 2.75) is 83.1 Å². The van der Waals surface area contributed by atoms with Crippen LogP contribution in [-0.4, -0.2) is 39.0 Å². The van der Waals surface area contributed by atoms with E-state index in [0.29, 0.717) is 28.7 Å². The van der Waals surface area contributed by atoms with Gasteiger partial charge in [0, 0.05) is 0 Å². The molecule has 1 saturated carbocycles. The molecule has 0 aliphatic heterocycles. The summed E-state index contributed by atoms with van der Waals surface area (Å²) >= 11 is 0. The number of primary amides is 1. The smallest absolute Gasteiger partial charge is 0.239 e. The van der Waals surface area contributed by atoms with E-state index in [1.54, 1.807) is 4.90 Å². The van der Waals surface area contributed by atoms with E-state index in [1.807, 2.05) is 185 Å². The molecule has 2 amide bonds. The van der Waals surface area contributed by atoms with Crippen molar-refractivity contribution in [1.82, 2.24) is 4.90 Å². The first-order valence-electron chi connectivity index (χ1n) is 20.3. The van der Waals surface area contributed by atoms with Crippen LogP contribution in [0.25, 0.3) is 0 Å². The second kappa shape index (κ2) is 16.6. The second-order valence-electron chi connectivity index (χ2n) is 16.4. The third-order valence-corrected chi connectivity index (χ3v) is 12.5. The number of carbonyl (C=O) groups is 2. The van der Waals surface area contributed by atoms with Crippen LogP contribution in [0.4, 0.5) is 0 Å². The topological polar surface area (TPSA) is 104 Å². The highest BCUT2D eigenvalue weighted by molar-refractivity contribution is 6.05. The summed E-state index contributed by atoms with van der Waals surface area (Å²) in [7, 11) is 0. The Morgan fingerprint density at radius 1 is 0.534 bits per heavy atom. The van der Waals surface area contributed by atoms with E-state index < -0.39 is 40.5 Å². The fourth-order valence-electron chi connectivity index (χ4n) is 8.75. The highest BCUT2D eigenvalue weighted by Crippen LogP contribution is 2.49. The number of amides is 2. The zero-order chi connectivity index (χ0) is 41.1. The molecule has 0 heterocycles. The summed E-state index contributed by atoms with van der Waals surface area (Å²) in [4.78, 5) is 31.7. The average molecular weight is 771 g/mol. The Morgan fingerprint density at radius 2 is 0.828 bits per heavy atom. The minimum atomic E-state index is -1.86. The molecule has 1 fully saturated rings. The van der Waals surface area contributed by atoms with Gasteiger partial charge in [-0.3, -0.25) is 9.59 Å². The summed E-state index contributed by atoms with van der Waals surface area (Å²) in [5.41, 5.74) is 9.16. The summed E-state index contributed by atoms with van der Waals surface area (Å²) in [5, 5.41) is 28.1. The molecule has 6 nitrogen and oxygen atoms in total. The maximum Gasteiger partial charge on any atom is 0.239 e. The molecule has 2 atom stereocenters. The van der Waals surface area contributed by atoms with Gasteiger partial charge in [-0.05, 0) is 86.8 Å². The molecule has 0 unspecified atom stereocenters. The van der Waals surface area contributed by atoms with Crippen LogP contribution >= 0.6 is 0 Å². The van der Waals surface area contributed by atoms with E-state index in [0.717, 1.165) is 33.4 Å². The highest BCUT2D eigenvalue weighted by atomic mass is 16.3. The van der Waals surface area contributed by atoms with Crippen LogP contribution < -0.4 is 5.73 Å². The fourth-order valence-corrected chi connectivity index (χ4v) is 8.75. The number of nitrogens with zero attached hydrogens (tertiary/aromatic N) is 1. The van der Waals surface area contributed by atoms with Crippen molar-refractivity contribution in [2.75, 3.05) is 0 Å². The van der Waals surface area contributed by atoms with Gasteiger partial charge in [0.15, 0.2) is 0 Å². The van der Waals surface area contributed by atoms with Crippen LogP contribution in [0.1, 0.15) is 74.9 Å². The Bertz CT molecular complexity index is 2080. The average Bonchev–Trinajstić information content (AvgIpc) is 3.21. The number of benzene rings is 6. The van der Waals surface area contributed by atoms with Gasteiger partial charge in [0.1, 0.15) is 16.6 Å². The van der Waals surface area contributed by atoms with Crippen molar-refractivity contribution in [1.29, 1.82) is 0 Å². The zero-order valence-corrected chi connectivity index (χ0v) is 33.9. The number of hydrogen-bond donors (Lipinski definition) is 3. The van der Waals surface area contributed by atoms with E-state index in [4.69, 9.17) is 5.73 Å². The van der Waals surface area contributed by atoms with Crippen molar-refractivity contribution >= 4 is 11.8 Å². The van der Waals surface area contributed by atoms with Crippen molar-refractivity contribution in [3.05, 3.63) is 213 Å². The van der Waals surface area contributed by atoms with Gasteiger partial charge in [-0.1, -0.05) is 186 Å². The Labute approximate surface area is 343 Å². The number of hydrogen-bond acceptors (Lipinski definition) is 4. The summed E-state index contributed by atoms with van der Waals surface area (Å²) in [6, 6.07) is 48.6. The van der Waals surface area contributed by atoms with Gasteiger partial charge < -0.3 is 20.8 Å². The molecule has 1 aliphatic rings. The van der Waals surface area contributed by atoms with E-state index in [9.17, 15) is 15.0 Å². The van der Waals surface area contributed by atoms with E-state index >= 15 is 4.79 Å². The van der Waals surface area contributed by atoms with Gasteiger partial charge in [0.05, 0.1) is 12.1 Å². The molecule has 7 rings (SSSR count). The van der Waals surface area contributed by atoms with Crippen molar-refractivity contribution in [3.63, 3.8) is 0 Å². The third kappa shape index (κ3) is 7.62. The normalized spacial score (nSPS) is 14.9. The molecule has 1 aliphatic carbocycles. The van der Waals surface area contributed by atoms with Crippen LogP contribution in [0.5, 0.6) is 0 Å². The lowest BCUT2D eigenvalue weighted by molar-refractivity contribution is -0.172. The van der Waals surface area contributed by atoms with Gasteiger partial charge in [0.25, 0.3) is 0 Å². The SMILES string of the molecule is Cc1ccc(C(O)(c2ccc(C)cc2)[C@@H](Cc2ccccc2)N(C(=O)C2(C(N)=O)CCC2)[C@H](Cc2ccccc2)C(O)(c2ccc(C)cc2)c2ccc(C)cc2)cc1. The molecule has 0 spiro atoms. The van der Waals surface area contributed by atoms with Crippen LogP contribution in [0.3, 0.4) is 0 Å². The molecule has 296 valence electrons. The first-order valence-corrected chi connectivity index (χ1v) is 20.3. The highest BCUT2D eigenvalue weighted by Gasteiger charge is 2.59. The van der Waals surface area contributed by atoms with Gasteiger partial charge in [0.2, 0.25) is 11.8 Å². The first kappa shape index (κ1) is 40.4. The third-order valence-electron chi connectivity index (χ3n) is 12.5. The Kier molecular flexibility index (Phi) is 11.5. The predicted octanol–water partition coefficient (Wildman–Crippen LogP) is 8.80. The predicted molar refractivity (Wildman–Crippen MR) is 231 cm³/mol. The molecule has 4 N–H and O–H groups in total. The number of aliphatic hydroxyl groups is 2. The van der Waals surface area contributed by atoms with Crippen molar-refractivity contribution in [2.24, 2.45) is 11.1 Å². The standard InChI is InChI=1S/C52H54N2O4/c1-36-16-24-42(25-17-36)51(57,43-26-18-37(2)19-27-43)46(34-40-12-7-5-8-13-40)54(49(56)50(48(53)55)32-11-33-50)47(35-41-14-9-6-10-15-41)52(58,44-28-20-38(3)21-29-44)45-30-22-39(4)23-31-45/h5-10,12-31,46-47,57-58H,11,32-35H2,1-4H3,(H2,53,55)/t46-,47-/m1/s1. The summed E-state index contributed by atoms with van der Waals surface area (Å²) in [6.45, 7) is 7.99. The number of nitrogens with two attached hydrogens (primary N) is 1. The number of rotatable bonds is 14. The lowest BCUT2D eigenvalue weighted by Crippen LogP contribution is -2.68. The Balaban J connectivity index is 1.62. The maximum atomic E-state index is 16.2. The quantitative estimate of drug-likeness (QED) is 0.0964. The lowest BCUT2D eigenvalue weighted by atomic mass is 9.65. The first-order chi connectivity index (χ1) is 27.9. The second-order valence-corrected chi connectivity index (χ2v) is 16.4. The lowest BCUT2D eigenvalue weighted by Gasteiger charge is -2.54. The minimum absolute atomic E-state index is 0.183. The molecule has 0 bridgehead atoms. The summed E-state index contributed by atoms with van der Waals surface area (Å²) in [5.74, 6) is -1.20. The van der Waals surface area contributed by atoms with Gasteiger partial charge in [-0.2, -0.15) is 0 Å². The molecule has 6 aromatic carbocycles. The molecule has 6 heteroatoms. The van der Waals surface area contributed by atoms with Gasteiger partial charge >= 0.3 is 0 Å². The molecular weight excluding hydrogens is 717 g/mol. The van der Waals surface area contributed by atoms with Crippen LogP contribution in [0.2, 0.25) is 0 Å². The van der Waals surface area contributed by atoms with Gasteiger partial charge in [-0.25, -0.2) is 0 Å². The van der Waals surface area contributed by atoms with Crippen LogP contribution in [-0.2, 0) is 33.6 Å². The monoisotopic (exact) mass is 770 g/mol. The molecular formula is C52H54N2O4. The summed E-state index contributed by atoms with van der Waals surface area (Å²) in [6.07, 6.45) is 1.56. The van der Waals surface area contributed by atoms with Crippen molar-refractivity contribution in [3.8, 4) is 0 Å². The van der Waals surface area contributed by atoms with Crippen molar-refractivity contribution < 1.29 is 19.8 Å². The van der Waals surface area contributed by atoms with E-state index in [2.05, 4.69) is 0 Å². The van der Waals surface area contributed by atoms with Gasteiger partial charge in [-0.15, -0.1) is 0 Å². The molecule has 0 saturated heterocycles. The molecule has 58 heavy (non-hydrogen) atoms. The Morgan fingerprint density at radius 3 is 1.07 bits per heavy atom. The van der Waals surface area contributed by atoms with E-state index in [-0.39, 0.29) is 25.7 Å². The number of aryl methyl sites for hydroxylation is 4. The maximum absolute atomic E-state index is 16.2. The van der Waals surface area contributed by atoms with E-state index in [1.165, 1.54) is 0 Å². The summed E-state index contributed by atoms with van der Waals surface area (Å²) < 4.78 is 0. The largest absolute Gasteiger partial charge is 0.378 e. The zero-order valence-electron chi connectivity index (χ0n) is 33.9. The molecule has 6 aromatic rings. The fraction of sp³-hybridized carbons (Fsp3) is 0.269. The minimum Gasteiger partial charge on any atom is -0.378 e. The molecule has 0 aromatic heterocycles. The van der Waals surface area contributed by atoms with Crippen LogP contribution in [0, 0.1) is 33.1 Å². The number of carbonyl (C=O) groups excluding carboxylic acids is 2.